The Morgan fingerprint density at radius 2 is 1.81 bits per heavy atom. The Balaban J connectivity index is 1.41. The fourth-order valence-corrected chi connectivity index (χ4v) is 10.4. The van der Waals surface area contributed by atoms with Gasteiger partial charge in [0, 0.05) is 13.5 Å². The lowest BCUT2D eigenvalue weighted by molar-refractivity contribution is -0.231. The Morgan fingerprint density at radius 1 is 1.06 bits per heavy atom. The summed E-state index contributed by atoms with van der Waals surface area (Å²) in [5.41, 5.74) is 6.50. The summed E-state index contributed by atoms with van der Waals surface area (Å²) in [4.78, 5) is 0. The second-order valence-electron chi connectivity index (χ2n) is 13.7. The molecule has 0 saturated heterocycles. The van der Waals surface area contributed by atoms with Gasteiger partial charge in [-0.25, -0.2) is 0 Å². The quantitative estimate of drug-likeness (QED) is 0.397. The van der Waals surface area contributed by atoms with E-state index in [1.54, 1.807) is 7.11 Å². The van der Waals surface area contributed by atoms with Crippen LogP contribution >= 0.6 is 0 Å². The highest BCUT2D eigenvalue weighted by molar-refractivity contribution is 5.14. The van der Waals surface area contributed by atoms with Gasteiger partial charge in [-0.1, -0.05) is 52.6 Å². The van der Waals surface area contributed by atoms with E-state index in [4.69, 9.17) is 19.6 Å². The maximum absolute atomic E-state index is 6.73. The Bertz CT molecular complexity index is 891. The molecule has 4 saturated carbocycles. The van der Waals surface area contributed by atoms with Gasteiger partial charge in [0.05, 0.1) is 6.10 Å². The predicted molar refractivity (Wildman–Crippen MR) is 142 cm³/mol. The van der Waals surface area contributed by atoms with Crippen LogP contribution in [-0.4, -0.2) is 30.2 Å². The van der Waals surface area contributed by atoms with Gasteiger partial charge in [0.2, 0.25) is 5.89 Å². The monoisotopic (exact) mass is 501 g/mol. The van der Waals surface area contributed by atoms with E-state index in [0.29, 0.717) is 47.4 Å². The fourth-order valence-electron chi connectivity index (χ4n) is 10.4. The molecule has 1 heterocycles. The Kier molecular flexibility index (Phi) is 7.50. The molecule has 5 rings (SSSR count). The highest BCUT2D eigenvalue weighted by atomic mass is 16.7. The van der Waals surface area contributed by atoms with Crippen molar-refractivity contribution in [1.29, 1.82) is 0 Å². The summed E-state index contributed by atoms with van der Waals surface area (Å²) in [6.45, 7) is 13.1. The standard InChI is InChI=1S/C30H51N3O3/c1-7-20-24-16-18(2)12-14-30(24,5)23-13-15-29(4)21(19(3)8-11-25-32-33-28(31)36-25)9-10-22(29)26(23)27(20)35-17-34-6/h18-24,26-27H,7-17H2,1-6H3,(H2,31,33)/t18-,19-,20-,21-,22?,23?,24+,26?,27?,29-,30-/m1/s1. The third-order valence-electron chi connectivity index (χ3n) is 12.1. The van der Waals surface area contributed by atoms with E-state index in [-0.39, 0.29) is 6.01 Å². The van der Waals surface area contributed by atoms with E-state index in [0.717, 1.165) is 42.4 Å². The molecule has 11 atom stereocenters. The molecule has 0 spiro atoms. The van der Waals surface area contributed by atoms with E-state index in [2.05, 4.69) is 44.8 Å². The number of anilines is 1. The second kappa shape index (κ2) is 10.2. The van der Waals surface area contributed by atoms with Crippen molar-refractivity contribution in [3.05, 3.63) is 5.89 Å². The molecule has 4 aliphatic carbocycles. The van der Waals surface area contributed by atoms with E-state index in [9.17, 15) is 0 Å². The van der Waals surface area contributed by atoms with Gasteiger partial charge in [0.15, 0.2) is 0 Å². The molecule has 36 heavy (non-hydrogen) atoms. The van der Waals surface area contributed by atoms with Gasteiger partial charge >= 0.3 is 6.01 Å². The Labute approximate surface area is 218 Å². The predicted octanol–water partition coefficient (Wildman–Crippen LogP) is 6.75. The highest BCUT2D eigenvalue weighted by Crippen LogP contribution is 2.70. The molecule has 4 fully saturated rings. The van der Waals surface area contributed by atoms with Crippen molar-refractivity contribution in [2.24, 2.45) is 58.2 Å². The first kappa shape index (κ1) is 26.5. The number of rotatable bonds is 8. The average molecular weight is 502 g/mol. The van der Waals surface area contributed by atoms with Crippen LogP contribution in [-0.2, 0) is 15.9 Å². The summed E-state index contributed by atoms with van der Waals surface area (Å²) in [6, 6.07) is 0.178. The number of hydrogen-bond acceptors (Lipinski definition) is 6. The van der Waals surface area contributed by atoms with Crippen LogP contribution in [0.1, 0.15) is 98.3 Å². The van der Waals surface area contributed by atoms with E-state index in [1.807, 2.05) is 0 Å². The molecule has 4 aliphatic rings. The summed E-state index contributed by atoms with van der Waals surface area (Å²) in [7, 11) is 1.78. The second-order valence-corrected chi connectivity index (χ2v) is 13.7. The third-order valence-corrected chi connectivity index (χ3v) is 12.1. The molecule has 4 unspecified atom stereocenters. The minimum atomic E-state index is 0.178. The molecule has 6 nitrogen and oxygen atoms in total. The molecule has 1 aromatic rings. The first-order valence-corrected chi connectivity index (χ1v) is 14.9. The molecule has 2 N–H and O–H groups in total. The Morgan fingerprint density at radius 3 is 2.50 bits per heavy atom. The van der Waals surface area contributed by atoms with E-state index >= 15 is 0 Å². The highest BCUT2D eigenvalue weighted by Gasteiger charge is 2.65. The molecule has 6 heteroatoms. The van der Waals surface area contributed by atoms with Crippen LogP contribution in [0.4, 0.5) is 6.01 Å². The molecule has 204 valence electrons. The summed E-state index contributed by atoms with van der Waals surface area (Å²) >= 11 is 0. The maximum Gasteiger partial charge on any atom is 0.312 e. The number of hydrogen-bond donors (Lipinski definition) is 1. The summed E-state index contributed by atoms with van der Waals surface area (Å²) in [5.74, 6) is 6.52. The summed E-state index contributed by atoms with van der Waals surface area (Å²) < 4.78 is 17.7. The number of fused-ring (bicyclic) bond motifs is 5. The van der Waals surface area contributed by atoms with Gasteiger partial charge < -0.3 is 19.6 Å². The number of aryl methyl sites for hydroxylation is 1. The number of nitrogens with zero attached hydrogens (tertiary/aromatic N) is 2. The van der Waals surface area contributed by atoms with Crippen LogP contribution < -0.4 is 5.73 Å². The summed E-state index contributed by atoms with van der Waals surface area (Å²) in [6.07, 6.45) is 13.1. The number of ether oxygens (including phenoxy) is 2. The zero-order chi connectivity index (χ0) is 25.7. The maximum atomic E-state index is 6.73. The van der Waals surface area contributed by atoms with Gasteiger partial charge in [-0.05, 0) is 103 Å². The first-order valence-electron chi connectivity index (χ1n) is 14.9. The molecular weight excluding hydrogens is 450 g/mol. The number of nitrogen functional groups attached to an aromatic ring is 1. The number of methoxy groups -OCH3 is 1. The van der Waals surface area contributed by atoms with Gasteiger partial charge in [0.1, 0.15) is 6.79 Å². The van der Waals surface area contributed by atoms with Crippen LogP contribution in [0.3, 0.4) is 0 Å². The number of nitrogens with two attached hydrogens (primary N) is 1. The zero-order valence-corrected chi connectivity index (χ0v) is 23.7. The van der Waals surface area contributed by atoms with Crippen LogP contribution in [0.15, 0.2) is 4.42 Å². The first-order chi connectivity index (χ1) is 17.2. The third kappa shape index (κ3) is 4.32. The minimum Gasteiger partial charge on any atom is -0.408 e. The van der Waals surface area contributed by atoms with Crippen LogP contribution in [0.25, 0.3) is 0 Å². The molecule has 0 aromatic carbocycles. The van der Waals surface area contributed by atoms with Crippen molar-refractivity contribution < 1.29 is 13.9 Å². The van der Waals surface area contributed by atoms with Crippen molar-refractivity contribution in [1.82, 2.24) is 10.2 Å². The van der Waals surface area contributed by atoms with Gasteiger partial charge in [-0.2, -0.15) is 0 Å². The lowest BCUT2D eigenvalue weighted by atomic mass is 9.41. The normalized spacial score (nSPS) is 45.1. The smallest absolute Gasteiger partial charge is 0.312 e. The van der Waals surface area contributed by atoms with Crippen molar-refractivity contribution in [3.8, 4) is 0 Å². The van der Waals surface area contributed by atoms with Gasteiger partial charge in [-0.3, -0.25) is 0 Å². The minimum absolute atomic E-state index is 0.178. The Hall–Kier alpha value is -1.14. The topological polar surface area (TPSA) is 83.4 Å². The zero-order valence-electron chi connectivity index (χ0n) is 23.7. The summed E-state index contributed by atoms with van der Waals surface area (Å²) in [5, 5.41) is 7.95. The molecular formula is C30H51N3O3. The molecule has 0 radical (unpaired) electrons. The molecule has 0 amide bonds. The van der Waals surface area contributed by atoms with Crippen LogP contribution in [0, 0.1) is 58.2 Å². The lowest BCUT2D eigenvalue weighted by Crippen LogP contribution is -2.62. The SMILES string of the molecule is CC[C@H]1C(OCOC)C2C3CC[C@H]([C@H](C)CCc4nnc(N)o4)[C@@]3(C)CCC2[C@@]2(C)CC[C@@H](C)C[C@@H]12. The van der Waals surface area contributed by atoms with Crippen molar-refractivity contribution in [2.45, 2.75) is 105 Å². The molecule has 1 aromatic heterocycles. The largest absolute Gasteiger partial charge is 0.408 e. The van der Waals surface area contributed by atoms with Gasteiger partial charge in [0.25, 0.3) is 0 Å². The molecule has 0 bridgehead atoms. The van der Waals surface area contributed by atoms with Crippen molar-refractivity contribution >= 4 is 6.01 Å². The lowest BCUT2D eigenvalue weighted by Gasteiger charge is -2.65. The average Bonchev–Trinajstić information content (AvgIpc) is 3.44. The van der Waals surface area contributed by atoms with Crippen molar-refractivity contribution in [3.63, 3.8) is 0 Å². The van der Waals surface area contributed by atoms with Crippen molar-refractivity contribution in [2.75, 3.05) is 19.6 Å². The molecule has 0 aliphatic heterocycles. The van der Waals surface area contributed by atoms with Crippen LogP contribution in [0.2, 0.25) is 0 Å². The number of aromatic nitrogens is 2. The van der Waals surface area contributed by atoms with E-state index < -0.39 is 0 Å². The van der Waals surface area contributed by atoms with Crippen LogP contribution in [0.5, 0.6) is 0 Å². The van der Waals surface area contributed by atoms with Gasteiger partial charge in [-0.15, -0.1) is 5.10 Å². The van der Waals surface area contributed by atoms with E-state index in [1.165, 1.54) is 51.4 Å². The fraction of sp³-hybridized carbons (Fsp3) is 0.933.